The smallest absolute Gasteiger partial charge is 0.339 e. The lowest BCUT2D eigenvalue weighted by Gasteiger charge is -2.23. The van der Waals surface area contributed by atoms with Crippen LogP contribution in [-0.2, 0) is 20.8 Å². The molecule has 2 saturated heterocycles. The summed E-state index contributed by atoms with van der Waals surface area (Å²) in [6.07, 6.45) is 5.94. The lowest BCUT2D eigenvalue weighted by molar-refractivity contribution is -0.0447. The molecule has 2 amide bonds. The maximum atomic E-state index is 13.0. The number of esters is 1. The quantitative estimate of drug-likeness (QED) is 0.550. The third-order valence-corrected chi connectivity index (χ3v) is 6.39. The van der Waals surface area contributed by atoms with E-state index in [2.05, 4.69) is 15.2 Å². The Bertz CT molecular complexity index is 994. The van der Waals surface area contributed by atoms with Gasteiger partial charge in [-0.15, -0.1) is 0 Å². The van der Waals surface area contributed by atoms with E-state index in [1.807, 2.05) is 35.2 Å². The molecular formula is C27H36N4O5. The van der Waals surface area contributed by atoms with E-state index in [9.17, 15) is 9.59 Å². The van der Waals surface area contributed by atoms with Crippen molar-refractivity contribution in [2.24, 2.45) is 0 Å². The van der Waals surface area contributed by atoms with Crippen molar-refractivity contribution < 1.29 is 23.8 Å². The zero-order chi connectivity index (χ0) is 25.2. The number of aromatic nitrogens is 1. The van der Waals surface area contributed by atoms with Crippen LogP contribution in [0.3, 0.4) is 0 Å². The average molecular weight is 497 g/mol. The van der Waals surface area contributed by atoms with E-state index < -0.39 is 0 Å². The fourth-order valence-corrected chi connectivity index (χ4v) is 4.45. The van der Waals surface area contributed by atoms with Gasteiger partial charge < -0.3 is 29.3 Å². The van der Waals surface area contributed by atoms with Gasteiger partial charge in [-0.3, -0.25) is 0 Å². The largest absolute Gasteiger partial charge is 0.462 e. The molecule has 2 aromatic rings. The van der Waals surface area contributed by atoms with Crippen molar-refractivity contribution >= 4 is 23.5 Å². The van der Waals surface area contributed by atoms with Gasteiger partial charge in [-0.2, -0.15) is 0 Å². The Kier molecular flexibility index (Phi) is 9.52. The van der Waals surface area contributed by atoms with Crippen LogP contribution in [0.15, 0.2) is 42.6 Å². The molecule has 0 aliphatic carbocycles. The molecule has 0 saturated carbocycles. The van der Waals surface area contributed by atoms with Crippen molar-refractivity contribution in [2.45, 2.75) is 45.3 Å². The van der Waals surface area contributed by atoms with E-state index >= 15 is 0 Å². The summed E-state index contributed by atoms with van der Waals surface area (Å²) in [7, 11) is 0. The number of anilines is 2. The zero-order valence-electron chi connectivity index (χ0n) is 21.0. The third kappa shape index (κ3) is 7.41. The Morgan fingerprint density at radius 1 is 1.11 bits per heavy atom. The predicted molar refractivity (Wildman–Crippen MR) is 137 cm³/mol. The molecule has 1 atom stereocenters. The van der Waals surface area contributed by atoms with Crippen molar-refractivity contribution in [3.63, 3.8) is 0 Å². The molecular weight excluding hydrogens is 460 g/mol. The summed E-state index contributed by atoms with van der Waals surface area (Å²) in [6.45, 7) is 6.71. The van der Waals surface area contributed by atoms with Gasteiger partial charge in [-0.25, -0.2) is 14.6 Å². The summed E-state index contributed by atoms with van der Waals surface area (Å²) in [5, 5.41) is 3.03. The van der Waals surface area contributed by atoms with Gasteiger partial charge in [0, 0.05) is 44.7 Å². The van der Waals surface area contributed by atoms with Crippen LogP contribution in [-0.4, -0.2) is 74.0 Å². The molecule has 0 radical (unpaired) electrons. The highest BCUT2D eigenvalue weighted by atomic mass is 16.5. The van der Waals surface area contributed by atoms with Crippen LogP contribution in [0.2, 0.25) is 0 Å². The van der Waals surface area contributed by atoms with Crippen LogP contribution >= 0.6 is 0 Å². The van der Waals surface area contributed by atoms with Crippen molar-refractivity contribution in [1.29, 1.82) is 0 Å². The van der Waals surface area contributed by atoms with Gasteiger partial charge in [0.25, 0.3) is 0 Å². The van der Waals surface area contributed by atoms with Gasteiger partial charge in [0.15, 0.2) is 0 Å². The number of hydrogen-bond donors (Lipinski definition) is 1. The van der Waals surface area contributed by atoms with Crippen molar-refractivity contribution in [1.82, 2.24) is 9.88 Å². The minimum absolute atomic E-state index is 0.115. The number of pyridine rings is 1. The second-order valence-electron chi connectivity index (χ2n) is 9.09. The number of amides is 2. The zero-order valence-corrected chi connectivity index (χ0v) is 21.0. The summed E-state index contributed by atoms with van der Waals surface area (Å²) in [5.41, 5.74) is 2.21. The molecule has 1 aromatic heterocycles. The highest BCUT2D eigenvalue weighted by molar-refractivity contribution is 5.90. The van der Waals surface area contributed by atoms with Crippen molar-refractivity contribution in [3.05, 3.63) is 53.7 Å². The summed E-state index contributed by atoms with van der Waals surface area (Å²) in [5.74, 6) is 0.417. The van der Waals surface area contributed by atoms with E-state index in [-0.39, 0.29) is 18.1 Å². The number of carbonyl (C=O) groups is 2. The molecule has 194 valence electrons. The number of nitrogens with one attached hydrogen (secondary N) is 1. The molecule has 0 spiro atoms. The van der Waals surface area contributed by atoms with E-state index in [0.29, 0.717) is 45.0 Å². The van der Waals surface area contributed by atoms with Gasteiger partial charge in [-0.1, -0.05) is 12.1 Å². The molecule has 36 heavy (non-hydrogen) atoms. The molecule has 2 fully saturated rings. The number of carbonyl (C=O) groups excluding carboxylic acids is 2. The van der Waals surface area contributed by atoms with E-state index in [1.165, 1.54) is 6.42 Å². The Hall–Kier alpha value is -3.17. The predicted octanol–water partition coefficient (Wildman–Crippen LogP) is 4.09. The number of hydrogen-bond acceptors (Lipinski definition) is 7. The normalized spacial score (nSPS) is 18.4. The van der Waals surface area contributed by atoms with Gasteiger partial charge in [0.2, 0.25) is 0 Å². The first-order chi connectivity index (χ1) is 17.6. The summed E-state index contributed by atoms with van der Waals surface area (Å²) < 4.78 is 16.6. The van der Waals surface area contributed by atoms with Crippen LogP contribution in [0.1, 0.15) is 48.5 Å². The number of rotatable bonds is 8. The highest BCUT2D eigenvalue weighted by Gasteiger charge is 2.21. The fraction of sp³-hybridized carbons (Fsp3) is 0.519. The van der Waals surface area contributed by atoms with Gasteiger partial charge >= 0.3 is 12.0 Å². The molecule has 1 N–H and O–H groups in total. The SMILES string of the molecule is CCOC(=O)c1ccc(N2CCCN(C(=O)Nc3cccc(COC[C@H]4CCCCO4)c3)CC2)nc1. The monoisotopic (exact) mass is 496 g/mol. The van der Waals surface area contributed by atoms with Gasteiger partial charge in [-0.05, 0) is 62.4 Å². The van der Waals surface area contributed by atoms with E-state index in [1.54, 1.807) is 19.2 Å². The average Bonchev–Trinajstić information content (AvgIpc) is 3.16. The molecule has 9 nitrogen and oxygen atoms in total. The lowest BCUT2D eigenvalue weighted by atomic mass is 10.1. The molecule has 9 heteroatoms. The minimum atomic E-state index is -0.371. The molecule has 4 rings (SSSR count). The summed E-state index contributed by atoms with van der Waals surface area (Å²) in [6, 6.07) is 11.2. The Morgan fingerprint density at radius 2 is 2.03 bits per heavy atom. The van der Waals surface area contributed by atoms with Crippen LogP contribution in [0.5, 0.6) is 0 Å². The van der Waals surface area contributed by atoms with Crippen LogP contribution in [0.25, 0.3) is 0 Å². The standard InChI is InChI=1S/C27H36N4O5/c1-2-35-26(32)22-10-11-25(28-18-22)30-12-6-13-31(15-14-30)27(33)29-23-8-5-7-21(17-23)19-34-20-24-9-3-4-16-36-24/h5,7-8,10-11,17-18,24H,2-4,6,9,12-16,19-20H2,1H3,(H,29,33)/t24-/m1/s1. The van der Waals surface area contributed by atoms with Crippen LogP contribution in [0, 0.1) is 0 Å². The molecule has 2 aliphatic rings. The third-order valence-electron chi connectivity index (χ3n) is 6.39. The summed E-state index contributed by atoms with van der Waals surface area (Å²) >= 11 is 0. The number of benzene rings is 1. The number of ether oxygens (including phenoxy) is 3. The fourth-order valence-electron chi connectivity index (χ4n) is 4.45. The lowest BCUT2D eigenvalue weighted by Crippen LogP contribution is -2.38. The first kappa shape index (κ1) is 25.9. The number of nitrogens with zero attached hydrogens (tertiary/aromatic N) is 3. The highest BCUT2D eigenvalue weighted by Crippen LogP contribution is 2.18. The first-order valence-corrected chi connectivity index (χ1v) is 12.8. The maximum Gasteiger partial charge on any atom is 0.339 e. The Balaban J connectivity index is 1.25. The number of urea groups is 1. The summed E-state index contributed by atoms with van der Waals surface area (Å²) in [4.78, 5) is 33.2. The van der Waals surface area contributed by atoms with Crippen LogP contribution < -0.4 is 10.2 Å². The molecule has 3 heterocycles. The van der Waals surface area contributed by atoms with Gasteiger partial charge in [0.1, 0.15) is 5.82 Å². The second kappa shape index (κ2) is 13.2. The minimum Gasteiger partial charge on any atom is -0.462 e. The van der Waals surface area contributed by atoms with Gasteiger partial charge in [0.05, 0.1) is 31.5 Å². The maximum absolute atomic E-state index is 13.0. The molecule has 0 unspecified atom stereocenters. The first-order valence-electron chi connectivity index (χ1n) is 12.8. The molecule has 1 aromatic carbocycles. The van der Waals surface area contributed by atoms with Crippen molar-refractivity contribution in [2.75, 3.05) is 56.2 Å². The van der Waals surface area contributed by atoms with Crippen molar-refractivity contribution in [3.8, 4) is 0 Å². The Labute approximate surface area is 212 Å². The second-order valence-corrected chi connectivity index (χ2v) is 9.09. The van der Waals surface area contributed by atoms with Crippen LogP contribution in [0.4, 0.5) is 16.3 Å². The molecule has 0 bridgehead atoms. The topological polar surface area (TPSA) is 93.2 Å². The van der Waals surface area contributed by atoms with E-state index in [0.717, 1.165) is 49.5 Å². The van der Waals surface area contributed by atoms with E-state index in [4.69, 9.17) is 14.2 Å². The molecule has 2 aliphatic heterocycles. The Morgan fingerprint density at radius 3 is 2.81 bits per heavy atom.